The third kappa shape index (κ3) is 4.92. The third-order valence-corrected chi connectivity index (χ3v) is 5.48. The topological polar surface area (TPSA) is 57.7 Å². The van der Waals surface area contributed by atoms with Crippen LogP contribution in [-0.2, 0) is 11.3 Å². The van der Waals surface area contributed by atoms with Crippen molar-refractivity contribution in [1.82, 2.24) is 20.1 Å². The Balaban J connectivity index is 1.42. The van der Waals surface area contributed by atoms with Gasteiger partial charge in [0.25, 0.3) is 0 Å². The molecule has 0 aromatic carbocycles. The maximum Gasteiger partial charge on any atom is 0.409 e. The summed E-state index contributed by atoms with van der Waals surface area (Å²) >= 11 is 0. The first-order valence-electron chi connectivity index (χ1n) is 9.37. The normalized spacial score (nSPS) is 25.8. The number of ether oxygens (including phenoxy) is 1. The molecule has 1 amide bonds. The van der Waals surface area contributed by atoms with Crippen molar-refractivity contribution >= 4 is 6.09 Å². The van der Waals surface area contributed by atoms with Crippen LogP contribution >= 0.6 is 0 Å². The summed E-state index contributed by atoms with van der Waals surface area (Å²) in [5.41, 5.74) is 1.15. The van der Waals surface area contributed by atoms with Gasteiger partial charge >= 0.3 is 6.09 Å². The Hall–Kier alpha value is -1.66. The molecule has 0 unspecified atom stereocenters. The summed E-state index contributed by atoms with van der Waals surface area (Å²) in [7, 11) is 1.45. The number of aromatic nitrogens is 1. The highest BCUT2D eigenvalue weighted by Crippen LogP contribution is 2.21. The number of rotatable bonds is 4. The van der Waals surface area contributed by atoms with Crippen molar-refractivity contribution in [3.05, 3.63) is 30.1 Å². The molecule has 2 fully saturated rings. The average Bonchev–Trinajstić information content (AvgIpc) is 2.65. The maximum atomic E-state index is 11.6. The molecule has 0 bridgehead atoms. The number of methoxy groups -OCH3 is 1. The highest BCUT2D eigenvalue weighted by molar-refractivity contribution is 5.67. The van der Waals surface area contributed by atoms with Gasteiger partial charge in [-0.2, -0.15) is 0 Å². The number of nitrogens with zero attached hydrogens (tertiary/aromatic N) is 3. The molecule has 2 aliphatic heterocycles. The summed E-state index contributed by atoms with van der Waals surface area (Å²) in [5.74, 6) is 0.621. The summed E-state index contributed by atoms with van der Waals surface area (Å²) in [6.07, 6.45) is 4.86. The van der Waals surface area contributed by atoms with E-state index in [2.05, 4.69) is 34.3 Å². The van der Waals surface area contributed by atoms with E-state index in [0.717, 1.165) is 51.3 Å². The molecule has 0 aliphatic carbocycles. The number of carbonyl (C=O) groups is 1. The van der Waals surface area contributed by atoms with Crippen LogP contribution in [0.1, 0.15) is 31.9 Å². The van der Waals surface area contributed by atoms with Crippen LogP contribution in [0.25, 0.3) is 0 Å². The Morgan fingerprint density at radius 2 is 2.08 bits per heavy atom. The number of amides is 1. The Morgan fingerprint density at radius 1 is 1.28 bits per heavy atom. The van der Waals surface area contributed by atoms with Gasteiger partial charge in [0.2, 0.25) is 0 Å². The van der Waals surface area contributed by atoms with Crippen LogP contribution in [0.2, 0.25) is 0 Å². The van der Waals surface area contributed by atoms with E-state index < -0.39 is 0 Å². The first kappa shape index (κ1) is 18.1. The van der Waals surface area contributed by atoms with Gasteiger partial charge in [-0.3, -0.25) is 9.88 Å². The standard InChI is InChI=1S/C19H30N4O2/c1-15-13-22(14-17-5-3-4-9-20-17)10-8-18(15)21-16-6-11-23(12-7-16)19(24)25-2/h3-5,9,15-16,18,21H,6-8,10-14H2,1-2H3/t15-,18-/m0/s1. The fraction of sp³-hybridized carbons (Fsp3) is 0.684. The van der Waals surface area contributed by atoms with Gasteiger partial charge in [0, 0.05) is 51.0 Å². The molecule has 2 saturated heterocycles. The van der Waals surface area contributed by atoms with Crippen molar-refractivity contribution in [2.45, 2.75) is 44.8 Å². The summed E-state index contributed by atoms with van der Waals surface area (Å²) in [6.45, 7) is 7.07. The van der Waals surface area contributed by atoms with Crippen molar-refractivity contribution in [3.8, 4) is 0 Å². The smallest absolute Gasteiger partial charge is 0.409 e. The number of likely N-dealkylation sites (tertiary alicyclic amines) is 2. The second-order valence-corrected chi connectivity index (χ2v) is 7.33. The molecule has 3 heterocycles. The molecule has 3 rings (SSSR count). The number of pyridine rings is 1. The van der Waals surface area contributed by atoms with Crippen LogP contribution in [0.5, 0.6) is 0 Å². The quantitative estimate of drug-likeness (QED) is 0.905. The first-order chi connectivity index (χ1) is 12.2. The van der Waals surface area contributed by atoms with Crippen molar-refractivity contribution in [3.63, 3.8) is 0 Å². The zero-order valence-corrected chi connectivity index (χ0v) is 15.4. The van der Waals surface area contributed by atoms with Crippen LogP contribution in [0, 0.1) is 5.92 Å². The lowest BCUT2D eigenvalue weighted by molar-refractivity contribution is 0.0986. The second kappa shape index (κ2) is 8.63. The Morgan fingerprint density at radius 3 is 2.72 bits per heavy atom. The van der Waals surface area contributed by atoms with E-state index in [0.29, 0.717) is 18.0 Å². The number of piperidine rings is 2. The second-order valence-electron chi connectivity index (χ2n) is 7.33. The summed E-state index contributed by atoms with van der Waals surface area (Å²) in [6, 6.07) is 7.20. The number of hydrogen-bond acceptors (Lipinski definition) is 5. The predicted molar refractivity (Wildman–Crippen MR) is 97.2 cm³/mol. The fourth-order valence-corrected chi connectivity index (χ4v) is 4.00. The molecule has 0 radical (unpaired) electrons. The molecule has 6 nitrogen and oxygen atoms in total. The van der Waals surface area contributed by atoms with E-state index in [1.807, 2.05) is 12.3 Å². The van der Waals surface area contributed by atoms with Crippen molar-refractivity contribution in [1.29, 1.82) is 0 Å². The van der Waals surface area contributed by atoms with Gasteiger partial charge in [-0.05, 0) is 37.3 Å². The van der Waals surface area contributed by atoms with E-state index in [9.17, 15) is 4.79 Å². The van der Waals surface area contributed by atoms with E-state index in [1.165, 1.54) is 13.5 Å². The lowest BCUT2D eigenvalue weighted by Gasteiger charge is -2.40. The minimum absolute atomic E-state index is 0.199. The Labute approximate surface area is 150 Å². The summed E-state index contributed by atoms with van der Waals surface area (Å²) in [5, 5.41) is 3.85. The van der Waals surface area contributed by atoms with Crippen molar-refractivity contribution in [2.75, 3.05) is 33.3 Å². The van der Waals surface area contributed by atoms with E-state index in [1.54, 1.807) is 4.90 Å². The monoisotopic (exact) mass is 346 g/mol. The van der Waals surface area contributed by atoms with Crippen LogP contribution in [0.4, 0.5) is 4.79 Å². The van der Waals surface area contributed by atoms with Gasteiger partial charge in [-0.1, -0.05) is 13.0 Å². The molecule has 0 spiro atoms. The number of carbonyl (C=O) groups excluding carboxylic acids is 1. The van der Waals surface area contributed by atoms with Crippen molar-refractivity contribution < 1.29 is 9.53 Å². The average molecular weight is 346 g/mol. The van der Waals surface area contributed by atoms with Gasteiger partial charge in [-0.25, -0.2) is 4.79 Å². The molecule has 25 heavy (non-hydrogen) atoms. The molecule has 2 aliphatic rings. The van der Waals surface area contributed by atoms with Gasteiger partial charge in [0.1, 0.15) is 0 Å². The lowest BCUT2D eigenvalue weighted by atomic mass is 9.91. The molecule has 0 saturated carbocycles. The minimum Gasteiger partial charge on any atom is -0.453 e. The SMILES string of the molecule is COC(=O)N1CCC(N[C@H]2CCN(Cc3ccccn3)C[C@@H]2C)CC1. The molecular weight excluding hydrogens is 316 g/mol. The van der Waals surface area contributed by atoms with Crippen LogP contribution in [0.15, 0.2) is 24.4 Å². The molecule has 1 aromatic heterocycles. The van der Waals surface area contributed by atoms with Crippen LogP contribution in [0.3, 0.4) is 0 Å². The molecule has 6 heteroatoms. The Kier molecular flexibility index (Phi) is 6.26. The van der Waals surface area contributed by atoms with E-state index >= 15 is 0 Å². The molecule has 1 aromatic rings. The molecule has 1 N–H and O–H groups in total. The van der Waals surface area contributed by atoms with E-state index in [4.69, 9.17) is 4.74 Å². The molecular formula is C19H30N4O2. The summed E-state index contributed by atoms with van der Waals surface area (Å²) in [4.78, 5) is 20.3. The highest BCUT2D eigenvalue weighted by atomic mass is 16.5. The lowest BCUT2D eigenvalue weighted by Crippen LogP contribution is -2.53. The van der Waals surface area contributed by atoms with Gasteiger partial charge in [0.15, 0.2) is 0 Å². The molecule has 2 atom stereocenters. The van der Waals surface area contributed by atoms with Crippen LogP contribution in [-0.4, -0.2) is 66.2 Å². The zero-order chi connectivity index (χ0) is 17.6. The van der Waals surface area contributed by atoms with E-state index in [-0.39, 0.29) is 6.09 Å². The largest absolute Gasteiger partial charge is 0.453 e. The zero-order valence-electron chi connectivity index (χ0n) is 15.4. The maximum absolute atomic E-state index is 11.6. The fourth-order valence-electron chi connectivity index (χ4n) is 4.00. The Bertz CT molecular complexity index is 546. The van der Waals surface area contributed by atoms with Crippen molar-refractivity contribution in [2.24, 2.45) is 5.92 Å². The van der Waals surface area contributed by atoms with Crippen LogP contribution < -0.4 is 5.32 Å². The van der Waals surface area contributed by atoms with Gasteiger partial charge in [-0.15, -0.1) is 0 Å². The van der Waals surface area contributed by atoms with Gasteiger partial charge < -0.3 is 15.0 Å². The first-order valence-corrected chi connectivity index (χ1v) is 9.37. The number of nitrogens with one attached hydrogen (secondary N) is 1. The number of hydrogen-bond donors (Lipinski definition) is 1. The molecule has 138 valence electrons. The predicted octanol–water partition coefficient (Wildman–Crippen LogP) is 2.11. The third-order valence-electron chi connectivity index (χ3n) is 5.48. The van der Waals surface area contributed by atoms with Gasteiger partial charge in [0.05, 0.1) is 12.8 Å². The minimum atomic E-state index is -0.199. The highest BCUT2D eigenvalue weighted by Gasteiger charge is 2.30. The summed E-state index contributed by atoms with van der Waals surface area (Å²) < 4.78 is 4.81.